The van der Waals surface area contributed by atoms with Gasteiger partial charge in [0, 0.05) is 30.6 Å². The van der Waals surface area contributed by atoms with Crippen molar-refractivity contribution in [2.75, 3.05) is 6.61 Å². The van der Waals surface area contributed by atoms with Gasteiger partial charge in [0.2, 0.25) is 0 Å². The van der Waals surface area contributed by atoms with Crippen molar-refractivity contribution in [2.45, 2.75) is 39.8 Å². The van der Waals surface area contributed by atoms with E-state index in [0.29, 0.717) is 13.0 Å². The first-order valence-electron chi connectivity index (χ1n) is 5.90. The molecule has 0 amide bonds. The predicted octanol–water partition coefficient (Wildman–Crippen LogP) is 2.54. The first kappa shape index (κ1) is 15.1. The monoisotopic (exact) mass is 272 g/mol. The smallest absolute Gasteiger partial charge is 0.324 e. The van der Waals surface area contributed by atoms with E-state index >= 15 is 0 Å². The fourth-order valence-corrected chi connectivity index (χ4v) is 2.49. The summed E-state index contributed by atoms with van der Waals surface area (Å²) < 4.78 is 0. The number of aliphatic hydroxyl groups is 1. The number of nitrogens with one attached hydrogen (secondary N) is 1. The molecule has 1 aromatic rings. The number of nitrogens with zero attached hydrogens (tertiary/aromatic N) is 1. The normalized spacial score (nSPS) is 13.6. The lowest BCUT2D eigenvalue weighted by Gasteiger charge is -2.31. The highest BCUT2D eigenvalue weighted by molar-refractivity contribution is 7.13. The standard InChI is InChI=1S/C12H20N2O3S/c1-12(2,3)10(4-5-15)13-7-9-6-11(14(16)17)18-8-9/h6,8,10,13,15H,4-5,7H2,1-3H3. The third-order valence-corrected chi connectivity index (χ3v) is 3.76. The van der Waals surface area contributed by atoms with Gasteiger partial charge in [0.1, 0.15) is 0 Å². The molecular formula is C12H20N2O3S. The molecule has 0 aliphatic carbocycles. The molecule has 1 aromatic heterocycles. The number of rotatable bonds is 6. The molecule has 0 aliphatic rings. The Morgan fingerprint density at radius 2 is 2.22 bits per heavy atom. The zero-order chi connectivity index (χ0) is 13.8. The van der Waals surface area contributed by atoms with Gasteiger partial charge < -0.3 is 10.4 Å². The summed E-state index contributed by atoms with van der Waals surface area (Å²) in [5.74, 6) is 0. The summed E-state index contributed by atoms with van der Waals surface area (Å²) in [6.07, 6.45) is 0.676. The van der Waals surface area contributed by atoms with E-state index in [0.717, 1.165) is 16.9 Å². The SMILES string of the molecule is CC(C)(C)C(CCO)NCc1csc([N+](=O)[O-])c1. The predicted molar refractivity (Wildman–Crippen MR) is 72.8 cm³/mol. The van der Waals surface area contributed by atoms with Gasteiger partial charge in [-0.1, -0.05) is 32.1 Å². The van der Waals surface area contributed by atoms with Crippen LogP contribution in [-0.4, -0.2) is 22.7 Å². The van der Waals surface area contributed by atoms with Crippen LogP contribution < -0.4 is 5.32 Å². The van der Waals surface area contributed by atoms with Gasteiger partial charge in [-0.25, -0.2) is 0 Å². The molecule has 2 N–H and O–H groups in total. The molecule has 0 saturated carbocycles. The Morgan fingerprint density at radius 1 is 1.56 bits per heavy atom. The third kappa shape index (κ3) is 4.36. The summed E-state index contributed by atoms with van der Waals surface area (Å²) in [5.41, 5.74) is 0.962. The van der Waals surface area contributed by atoms with Crippen molar-refractivity contribution in [3.63, 3.8) is 0 Å². The number of aliphatic hydroxyl groups excluding tert-OH is 1. The Kier molecular flexibility index (Phi) is 5.25. The van der Waals surface area contributed by atoms with Crippen LogP contribution in [0.3, 0.4) is 0 Å². The third-order valence-electron chi connectivity index (χ3n) is 2.84. The summed E-state index contributed by atoms with van der Waals surface area (Å²) in [6, 6.07) is 1.78. The van der Waals surface area contributed by atoms with Crippen LogP contribution in [0.4, 0.5) is 5.00 Å². The Morgan fingerprint density at radius 3 is 2.67 bits per heavy atom. The minimum absolute atomic E-state index is 0.0463. The maximum absolute atomic E-state index is 10.6. The van der Waals surface area contributed by atoms with Gasteiger partial charge >= 0.3 is 5.00 Å². The topological polar surface area (TPSA) is 75.4 Å². The summed E-state index contributed by atoms with van der Waals surface area (Å²) in [4.78, 5) is 10.2. The molecule has 0 saturated heterocycles. The van der Waals surface area contributed by atoms with Gasteiger partial charge in [-0.2, -0.15) is 0 Å². The van der Waals surface area contributed by atoms with E-state index in [1.165, 1.54) is 0 Å². The van der Waals surface area contributed by atoms with Crippen molar-refractivity contribution in [1.82, 2.24) is 5.32 Å². The summed E-state index contributed by atoms with van der Waals surface area (Å²) in [7, 11) is 0. The molecule has 0 aromatic carbocycles. The second-order valence-electron chi connectivity index (χ2n) is 5.36. The van der Waals surface area contributed by atoms with Crippen molar-refractivity contribution in [1.29, 1.82) is 0 Å². The average Bonchev–Trinajstić information content (AvgIpc) is 2.71. The van der Waals surface area contributed by atoms with Crippen LogP contribution in [0.15, 0.2) is 11.4 Å². The Hall–Kier alpha value is -0.980. The molecule has 6 heteroatoms. The zero-order valence-corrected chi connectivity index (χ0v) is 11.8. The highest BCUT2D eigenvalue weighted by atomic mass is 32.1. The van der Waals surface area contributed by atoms with Crippen molar-refractivity contribution in [3.05, 3.63) is 27.1 Å². The summed E-state index contributed by atoms with van der Waals surface area (Å²) in [6.45, 7) is 7.05. The maximum Gasteiger partial charge on any atom is 0.324 e. The fraction of sp³-hybridized carbons (Fsp3) is 0.667. The van der Waals surface area contributed by atoms with Crippen molar-refractivity contribution < 1.29 is 10.0 Å². The summed E-state index contributed by atoms with van der Waals surface area (Å²) in [5, 5.41) is 24.9. The fourth-order valence-electron chi connectivity index (χ4n) is 1.76. The van der Waals surface area contributed by atoms with Crippen LogP contribution in [0.2, 0.25) is 0 Å². The molecule has 0 fully saturated rings. The molecule has 0 spiro atoms. The van der Waals surface area contributed by atoms with Crippen LogP contribution in [-0.2, 0) is 6.54 Å². The maximum atomic E-state index is 10.6. The number of thiophene rings is 1. The zero-order valence-electron chi connectivity index (χ0n) is 11.0. The molecule has 1 rings (SSSR count). The largest absolute Gasteiger partial charge is 0.396 e. The molecule has 1 unspecified atom stereocenters. The van der Waals surface area contributed by atoms with Crippen LogP contribution in [0.5, 0.6) is 0 Å². The molecule has 1 heterocycles. The van der Waals surface area contributed by atoms with E-state index in [9.17, 15) is 10.1 Å². The van der Waals surface area contributed by atoms with Gasteiger partial charge in [-0.15, -0.1) is 0 Å². The second kappa shape index (κ2) is 6.26. The molecule has 0 bridgehead atoms. The van der Waals surface area contributed by atoms with Gasteiger partial charge in [0.25, 0.3) is 0 Å². The molecule has 0 radical (unpaired) electrons. The molecule has 5 nitrogen and oxygen atoms in total. The molecular weight excluding hydrogens is 252 g/mol. The van der Waals surface area contributed by atoms with Crippen LogP contribution in [0.1, 0.15) is 32.8 Å². The quantitative estimate of drug-likeness (QED) is 0.616. The highest BCUT2D eigenvalue weighted by Gasteiger charge is 2.23. The minimum Gasteiger partial charge on any atom is -0.396 e. The lowest BCUT2D eigenvalue weighted by molar-refractivity contribution is -0.380. The molecule has 1 atom stereocenters. The van der Waals surface area contributed by atoms with Gasteiger partial charge in [0.15, 0.2) is 0 Å². The first-order chi connectivity index (χ1) is 8.34. The van der Waals surface area contributed by atoms with E-state index in [1.807, 2.05) is 0 Å². The molecule has 18 heavy (non-hydrogen) atoms. The van der Waals surface area contributed by atoms with E-state index in [1.54, 1.807) is 11.4 Å². The van der Waals surface area contributed by atoms with E-state index < -0.39 is 0 Å². The molecule has 102 valence electrons. The Balaban J connectivity index is 2.58. The van der Waals surface area contributed by atoms with E-state index in [4.69, 9.17) is 5.11 Å². The van der Waals surface area contributed by atoms with Crippen molar-refractivity contribution >= 4 is 16.3 Å². The summed E-state index contributed by atoms with van der Waals surface area (Å²) >= 11 is 1.14. The van der Waals surface area contributed by atoms with E-state index in [2.05, 4.69) is 26.1 Å². The van der Waals surface area contributed by atoms with Crippen LogP contribution in [0.25, 0.3) is 0 Å². The van der Waals surface area contributed by atoms with Crippen molar-refractivity contribution in [2.24, 2.45) is 5.41 Å². The van der Waals surface area contributed by atoms with E-state index in [-0.39, 0.29) is 28.0 Å². The van der Waals surface area contributed by atoms with Gasteiger partial charge in [-0.05, 0) is 17.4 Å². The van der Waals surface area contributed by atoms with Crippen molar-refractivity contribution in [3.8, 4) is 0 Å². The lowest BCUT2D eigenvalue weighted by atomic mass is 9.85. The second-order valence-corrected chi connectivity index (χ2v) is 6.25. The average molecular weight is 272 g/mol. The number of hydrogen-bond acceptors (Lipinski definition) is 5. The highest BCUT2D eigenvalue weighted by Crippen LogP contribution is 2.25. The first-order valence-corrected chi connectivity index (χ1v) is 6.78. The van der Waals surface area contributed by atoms with Crippen LogP contribution in [0, 0.1) is 15.5 Å². The minimum atomic E-state index is -0.372. The molecule has 0 aliphatic heterocycles. The van der Waals surface area contributed by atoms with Crippen LogP contribution >= 0.6 is 11.3 Å². The number of nitro groups is 1. The lowest BCUT2D eigenvalue weighted by Crippen LogP contribution is -2.40. The van der Waals surface area contributed by atoms with Gasteiger partial charge in [-0.3, -0.25) is 10.1 Å². The Labute approximate surface area is 111 Å². The Bertz CT molecular complexity index is 398. The number of hydrogen-bond donors (Lipinski definition) is 2. The van der Waals surface area contributed by atoms with Gasteiger partial charge in [0.05, 0.1) is 4.92 Å².